The van der Waals surface area contributed by atoms with Gasteiger partial charge in [0.2, 0.25) is 0 Å². The molecule has 0 unspecified atom stereocenters. The summed E-state index contributed by atoms with van der Waals surface area (Å²) in [4.78, 5) is 15.9. The Morgan fingerprint density at radius 3 is 2.60 bits per heavy atom. The Labute approximate surface area is 181 Å². The number of nitrogens with zero attached hydrogens (tertiary/aromatic N) is 1. The first-order chi connectivity index (χ1) is 13.9. The summed E-state index contributed by atoms with van der Waals surface area (Å²) in [7, 11) is 0. The van der Waals surface area contributed by atoms with Crippen LogP contribution in [-0.2, 0) is 17.9 Å². The molecule has 166 valence electrons. The number of amides is 1. The number of carbonyl (C=O) groups is 1. The van der Waals surface area contributed by atoms with E-state index in [9.17, 15) is 4.79 Å². The predicted octanol–water partition coefficient (Wildman–Crippen LogP) is 5.91. The van der Waals surface area contributed by atoms with Gasteiger partial charge in [-0.15, -0.1) is 0 Å². The van der Waals surface area contributed by atoms with Gasteiger partial charge < -0.3 is 19.5 Å². The van der Waals surface area contributed by atoms with Crippen molar-refractivity contribution in [3.63, 3.8) is 0 Å². The molecule has 1 N–H and O–H groups in total. The second kappa shape index (κ2) is 14.0. The van der Waals surface area contributed by atoms with Crippen molar-refractivity contribution >= 4 is 6.09 Å². The van der Waals surface area contributed by atoms with E-state index in [0.29, 0.717) is 19.0 Å². The second-order valence-corrected chi connectivity index (χ2v) is 6.87. The normalized spacial score (nSPS) is 9.90. The Bertz CT molecular complexity index is 770. The van der Waals surface area contributed by atoms with Gasteiger partial charge in [0.15, 0.2) is 0 Å². The highest BCUT2D eigenvalue weighted by atomic mass is 16.6. The second-order valence-electron chi connectivity index (χ2n) is 6.87. The van der Waals surface area contributed by atoms with Gasteiger partial charge in [-0.05, 0) is 44.5 Å². The van der Waals surface area contributed by atoms with E-state index >= 15 is 0 Å². The van der Waals surface area contributed by atoms with Crippen molar-refractivity contribution in [3.05, 3.63) is 66.5 Å². The number of hydrogen-bond acceptors (Lipinski definition) is 5. The average Bonchev–Trinajstić information content (AvgIpc) is 2.70. The minimum absolute atomic E-state index is 0. The van der Waals surface area contributed by atoms with E-state index in [4.69, 9.17) is 14.2 Å². The standard InChI is InChI=1S/C21H26N2O4.C2H6.CH4/c1-5-11-25-18-8-6-7-16(12-18)15-26-19-14-22-10-9-17(19)13-23-20(24)27-21(2,3)4;1-2;/h5-10,12,14H,1,11,13,15H2,2-4H3,(H,23,24);1-2H3;1H4. The molecule has 1 heterocycles. The fourth-order valence-corrected chi connectivity index (χ4v) is 2.21. The molecule has 0 saturated carbocycles. The van der Waals surface area contributed by atoms with E-state index in [1.54, 1.807) is 24.5 Å². The van der Waals surface area contributed by atoms with Crippen molar-refractivity contribution in [2.24, 2.45) is 0 Å². The van der Waals surface area contributed by atoms with E-state index < -0.39 is 11.7 Å². The first-order valence-electron chi connectivity index (χ1n) is 9.72. The number of hydrogen-bond donors (Lipinski definition) is 1. The number of benzene rings is 1. The molecule has 0 saturated heterocycles. The number of carbonyl (C=O) groups excluding carboxylic acids is 1. The Balaban J connectivity index is 0.00000272. The third kappa shape index (κ3) is 10.5. The van der Waals surface area contributed by atoms with Crippen LogP contribution in [0.5, 0.6) is 11.5 Å². The molecular formula is C24H36N2O4. The van der Waals surface area contributed by atoms with Crippen LogP contribution in [0.25, 0.3) is 0 Å². The molecule has 0 aliphatic rings. The van der Waals surface area contributed by atoms with Crippen LogP contribution in [0.3, 0.4) is 0 Å². The molecule has 0 aliphatic heterocycles. The lowest BCUT2D eigenvalue weighted by atomic mass is 10.2. The SMILES string of the molecule is C.C=CCOc1cccc(COc2cnccc2CNC(=O)OC(C)(C)C)c1.CC. The maximum atomic E-state index is 11.8. The van der Waals surface area contributed by atoms with E-state index in [0.717, 1.165) is 16.9 Å². The molecule has 30 heavy (non-hydrogen) atoms. The van der Waals surface area contributed by atoms with Crippen LogP contribution in [0.15, 0.2) is 55.4 Å². The van der Waals surface area contributed by atoms with Crippen LogP contribution in [0.1, 0.15) is 53.2 Å². The summed E-state index contributed by atoms with van der Waals surface area (Å²) in [6.07, 6.45) is 4.51. The quantitative estimate of drug-likeness (QED) is 0.542. The largest absolute Gasteiger partial charge is 0.490 e. The Kier molecular flexibility index (Phi) is 12.6. The van der Waals surface area contributed by atoms with Crippen molar-refractivity contribution in [2.45, 2.75) is 60.8 Å². The molecule has 2 rings (SSSR count). The van der Waals surface area contributed by atoms with Gasteiger partial charge in [0.1, 0.15) is 30.3 Å². The lowest BCUT2D eigenvalue weighted by Gasteiger charge is -2.20. The van der Waals surface area contributed by atoms with Gasteiger partial charge in [0, 0.05) is 18.3 Å². The zero-order valence-corrected chi connectivity index (χ0v) is 18.0. The van der Waals surface area contributed by atoms with Crippen LogP contribution in [-0.4, -0.2) is 23.3 Å². The van der Waals surface area contributed by atoms with Crippen molar-refractivity contribution < 1.29 is 19.0 Å². The summed E-state index contributed by atoms with van der Waals surface area (Å²) in [6, 6.07) is 9.46. The maximum Gasteiger partial charge on any atom is 0.407 e. The van der Waals surface area contributed by atoms with Crippen LogP contribution in [0.2, 0.25) is 0 Å². The summed E-state index contributed by atoms with van der Waals surface area (Å²) in [6.45, 7) is 14.2. The molecular weight excluding hydrogens is 380 g/mol. The molecule has 1 aromatic heterocycles. The smallest absolute Gasteiger partial charge is 0.407 e. The monoisotopic (exact) mass is 416 g/mol. The van der Waals surface area contributed by atoms with E-state index in [1.165, 1.54) is 0 Å². The summed E-state index contributed by atoms with van der Waals surface area (Å²) < 4.78 is 16.7. The number of ether oxygens (including phenoxy) is 3. The van der Waals surface area contributed by atoms with Crippen LogP contribution in [0, 0.1) is 0 Å². The fraction of sp³-hybridized carbons (Fsp3) is 0.417. The number of rotatable bonds is 8. The van der Waals surface area contributed by atoms with Gasteiger partial charge in [-0.3, -0.25) is 4.98 Å². The lowest BCUT2D eigenvalue weighted by molar-refractivity contribution is 0.0523. The van der Waals surface area contributed by atoms with Crippen molar-refractivity contribution in [2.75, 3.05) is 6.61 Å². The van der Waals surface area contributed by atoms with Gasteiger partial charge in [0.05, 0.1) is 6.20 Å². The first-order valence-corrected chi connectivity index (χ1v) is 9.72. The minimum Gasteiger partial charge on any atom is -0.490 e. The molecule has 1 aromatic carbocycles. The highest BCUT2D eigenvalue weighted by Gasteiger charge is 2.16. The van der Waals surface area contributed by atoms with Gasteiger partial charge >= 0.3 is 6.09 Å². The highest BCUT2D eigenvalue weighted by Crippen LogP contribution is 2.20. The van der Waals surface area contributed by atoms with Crippen molar-refractivity contribution in [1.82, 2.24) is 10.3 Å². The van der Waals surface area contributed by atoms with Gasteiger partial charge in [-0.2, -0.15) is 0 Å². The molecule has 2 aromatic rings. The predicted molar refractivity (Wildman–Crippen MR) is 122 cm³/mol. The molecule has 1 amide bonds. The van der Waals surface area contributed by atoms with Gasteiger partial charge in [-0.25, -0.2) is 4.79 Å². The van der Waals surface area contributed by atoms with Crippen LogP contribution >= 0.6 is 0 Å². The molecule has 0 atom stereocenters. The van der Waals surface area contributed by atoms with E-state index in [1.807, 2.05) is 58.9 Å². The van der Waals surface area contributed by atoms with Crippen LogP contribution < -0.4 is 14.8 Å². The maximum absolute atomic E-state index is 11.8. The Hall–Kier alpha value is -3.02. The average molecular weight is 417 g/mol. The van der Waals surface area contributed by atoms with Gasteiger partial charge in [-0.1, -0.05) is 46.1 Å². The third-order valence-corrected chi connectivity index (χ3v) is 3.35. The molecule has 6 heteroatoms. The Morgan fingerprint density at radius 1 is 1.20 bits per heavy atom. The van der Waals surface area contributed by atoms with Crippen LogP contribution in [0.4, 0.5) is 4.79 Å². The summed E-state index contributed by atoms with van der Waals surface area (Å²) >= 11 is 0. The first kappa shape index (κ1) is 27.0. The van der Waals surface area contributed by atoms with E-state index in [2.05, 4.69) is 16.9 Å². The van der Waals surface area contributed by atoms with Gasteiger partial charge in [0.25, 0.3) is 0 Å². The molecule has 0 spiro atoms. The lowest BCUT2D eigenvalue weighted by Crippen LogP contribution is -2.32. The highest BCUT2D eigenvalue weighted by molar-refractivity contribution is 5.67. The molecule has 0 bridgehead atoms. The number of alkyl carbamates (subject to hydrolysis) is 1. The van der Waals surface area contributed by atoms with E-state index in [-0.39, 0.29) is 14.0 Å². The fourth-order valence-electron chi connectivity index (χ4n) is 2.21. The molecule has 6 nitrogen and oxygen atoms in total. The number of nitrogens with one attached hydrogen (secondary N) is 1. The van der Waals surface area contributed by atoms with Crippen molar-refractivity contribution in [3.8, 4) is 11.5 Å². The third-order valence-electron chi connectivity index (χ3n) is 3.35. The summed E-state index contributed by atoms with van der Waals surface area (Å²) in [5, 5.41) is 2.73. The van der Waals surface area contributed by atoms with Crippen molar-refractivity contribution in [1.29, 1.82) is 0 Å². The molecule has 0 radical (unpaired) electrons. The number of pyridine rings is 1. The summed E-state index contributed by atoms with van der Waals surface area (Å²) in [5.74, 6) is 1.36. The molecule has 0 aliphatic carbocycles. The minimum atomic E-state index is -0.541. The summed E-state index contributed by atoms with van der Waals surface area (Å²) in [5.41, 5.74) is 1.24. The zero-order valence-electron chi connectivity index (χ0n) is 18.0. The Morgan fingerprint density at radius 2 is 1.93 bits per heavy atom. The number of aromatic nitrogens is 1. The zero-order chi connectivity index (χ0) is 21.7. The topological polar surface area (TPSA) is 69.7 Å². The molecule has 0 fully saturated rings.